The molecule has 0 radical (unpaired) electrons. The monoisotopic (exact) mass is 536 g/mol. The largest absolute Gasteiger partial charge is 0.504 e. The molecular formula is C33H48N2O4. The van der Waals surface area contributed by atoms with Crippen molar-refractivity contribution < 1.29 is 19.7 Å². The van der Waals surface area contributed by atoms with Crippen LogP contribution in [0, 0.1) is 11.8 Å². The van der Waals surface area contributed by atoms with E-state index in [0.717, 1.165) is 42.7 Å². The summed E-state index contributed by atoms with van der Waals surface area (Å²) in [6.07, 6.45) is 17.7. The van der Waals surface area contributed by atoms with E-state index in [-0.39, 0.29) is 18.0 Å². The van der Waals surface area contributed by atoms with Crippen LogP contribution in [0.1, 0.15) is 102 Å². The Morgan fingerprint density at radius 3 is 2.72 bits per heavy atom. The van der Waals surface area contributed by atoms with Crippen LogP contribution in [0.3, 0.4) is 0 Å². The highest BCUT2D eigenvalue weighted by Gasteiger charge is 2.16. The SMILES string of the molecule is CC(C)CCc1c2cc[nH]c2cn1COc1cc(CCC(=O)CC(O)CCCCC2CCCCC2)ccc1O. The predicted molar refractivity (Wildman–Crippen MR) is 157 cm³/mol. The Morgan fingerprint density at radius 2 is 1.92 bits per heavy atom. The first-order valence-electron chi connectivity index (χ1n) is 15.2. The summed E-state index contributed by atoms with van der Waals surface area (Å²) in [4.78, 5) is 15.8. The molecule has 0 spiro atoms. The number of ketones is 1. The van der Waals surface area contributed by atoms with Crippen LogP contribution in [0.5, 0.6) is 11.5 Å². The van der Waals surface area contributed by atoms with E-state index < -0.39 is 6.10 Å². The molecule has 3 N–H and O–H groups in total. The molecule has 214 valence electrons. The highest BCUT2D eigenvalue weighted by molar-refractivity contribution is 5.82. The predicted octanol–water partition coefficient (Wildman–Crippen LogP) is 7.69. The molecule has 2 heterocycles. The molecule has 0 amide bonds. The number of phenolic OH excluding ortho intramolecular Hbond substituents is 1. The highest BCUT2D eigenvalue weighted by atomic mass is 16.5. The zero-order chi connectivity index (χ0) is 27.6. The van der Waals surface area contributed by atoms with Gasteiger partial charge in [0.1, 0.15) is 5.78 Å². The van der Waals surface area contributed by atoms with Gasteiger partial charge in [-0.05, 0) is 61.3 Å². The first-order valence-corrected chi connectivity index (χ1v) is 15.2. The summed E-state index contributed by atoms with van der Waals surface area (Å²) in [5.41, 5.74) is 3.26. The maximum Gasteiger partial charge on any atom is 0.165 e. The molecule has 1 aliphatic carbocycles. The van der Waals surface area contributed by atoms with Gasteiger partial charge in [-0.25, -0.2) is 0 Å². The van der Waals surface area contributed by atoms with Crippen molar-refractivity contribution in [2.75, 3.05) is 0 Å². The number of nitrogens with zero attached hydrogens (tertiary/aromatic N) is 1. The van der Waals surface area contributed by atoms with Crippen molar-refractivity contribution in [1.82, 2.24) is 9.55 Å². The van der Waals surface area contributed by atoms with Gasteiger partial charge < -0.3 is 24.5 Å². The van der Waals surface area contributed by atoms with Crippen LogP contribution in [0.25, 0.3) is 10.9 Å². The van der Waals surface area contributed by atoms with Gasteiger partial charge in [0.05, 0.1) is 11.6 Å². The average Bonchev–Trinajstić information content (AvgIpc) is 3.50. The van der Waals surface area contributed by atoms with Crippen LogP contribution >= 0.6 is 0 Å². The molecule has 6 nitrogen and oxygen atoms in total. The second kappa shape index (κ2) is 14.6. The number of unbranched alkanes of at least 4 members (excludes halogenated alkanes) is 1. The van der Waals surface area contributed by atoms with Gasteiger partial charge in [-0.2, -0.15) is 0 Å². The normalized spacial score (nSPS) is 15.3. The number of rotatable bonds is 16. The zero-order valence-electron chi connectivity index (χ0n) is 24.0. The summed E-state index contributed by atoms with van der Waals surface area (Å²) in [6, 6.07) is 7.40. The molecule has 0 bridgehead atoms. The van der Waals surface area contributed by atoms with E-state index in [2.05, 4.69) is 35.7 Å². The summed E-state index contributed by atoms with van der Waals surface area (Å²) in [5, 5.41) is 22.0. The van der Waals surface area contributed by atoms with Crippen LogP contribution in [-0.4, -0.2) is 31.7 Å². The van der Waals surface area contributed by atoms with E-state index in [1.54, 1.807) is 6.07 Å². The Balaban J connectivity index is 1.22. The van der Waals surface area contributed by atoms with E-state index in [0.29, 0.717) is 37.7 Å². The molecule has 1 saturated carbocycles. The number of fused-ring (bicyclic) bond motifs is 1. The quantitative estimate of drug-likeness (QED) is 0.164. The Hall–Kier alpha value is -2.73. The lowest BCUT2D eigenvalue weighted by molar-refractivity contribution is -0.121. The van der Waals surface area contributed by atoms with Gasteiger partial charge in [-0.15, -0.1) is 0 Å². The van der Waals surface area contributed by atoms with Crippen LogP contribution < -0.4 is 4.74 Å². The number of H-pyrrole nitrogens is 1. The number of Topliss-reactive ketones (excluding diaryl/α,β-unsaturated/α-hetero) is 1. The molecule has 3 aromatic rings. The summed E-state index contributed by atoms with van der Waals surface area (Å²) in [5.74, 6) is 2.09. The molecule has 6 heteroatoms. The minimum Gasteiger partial charge on any atom is -0.504 e. The van der Waals surface area contributed by atoms with Crippen molar-refractivity contribution in [1.29, 1.82) is 0 Å². The van der Waals surface area contributed by atoms with Gasteiger partial charge >= 0.3 is 0 Å². The number of hydrogen-bond acceptors (Lipinski definition) is 4. The summed E-state index contributed by atoms with van der Waals surface area (Å²) in [6.45, 7) is 4.76. The first kappa shape index (κ1) is 29.3. The van der Waals surface area contributed by atoms with E-state index in [1.165, 1.54) is 49.6 Å². The molecular weight excluding hydrogens is 488 g/mol. The Kier molecular flexibility index (Phi) is 11.0. The fourth-order valence-electron chi connectivity index (χ4n) is 5.96. The number of aliphatic hydroxyl groups excluding tert-OH is 1. The number of carbonyl (C=O) groups excluding carboxylic acids is 1. The van der Waals surface area contributed by atoms with Crippen molar-refractivity contribution >= 4 is 16.7 Å². The molecule has 1 aliphatic rings. The number of carbonyl (C=O) groups is 1. The van der Waals surface area contributed by atoms with Crippen LogP contribution in [-0.2, 0) is 24.4 Å². The number of nitrogens with one attached hydrogen (secondary N) is 1. The standard InChI is InChI=1S/C33H48N2O4/c1-24(2)12-16-31-29-18-19-34-30(29)22-35(31)23-39-33-20-26(14-17-32(33)38)13-15-28(37)21-27(36)11-7-6-10-25-8-4-3-5-9-25/h14,17-20,22,24-25,27,34,36,38H,3-13,15-16,21,23H2,1-2H3. The molecule has 0 aliphatic heterocycles. The Bertz CT molecular complexity index is 1170. The van der Waals surface area contributed by atoms with Gasteiger partial charge in [0, 0.05) is 36.3 Å². The van der Waals surface area contributed by atoms with E-state index >= 15 is 0 Å². The van der Waals surface area contributed by atoms with Crippen molar-refractivity contribution in [3.05, 3.63) is 47.9 Å². The molecule has 2 aromatic heterocycles. The molecule has 1 atom stereocenters. The minimum atomic E-state index is -0.542. The summed E-state index contributed by atoms with van der Waals surface area (Å²) < 4.78 is 8.16. The number of phenols is 1. The smallest absolute Gasteiger partial charge is 0.165 e. The maximum atomic E-state index is 12.5. The lowest BCUT2D eigenvalue weighted by Crippen LogP contribution is -2.14. The Morgan fingerprint density at radius 1 is 1.10 bits per heavy atom. The fraction of sp³-hybridized carbons (Fsp3) is 0.606. The average molecular weight is 537 g/mol. The van der Waals surface area contributed by atoms with E-state index in [9.17, 15) is 15.0 Å². The van der Waals surface area contributed by atoms with Gasteiger partial charge in [0.25, 0.3) is 0 Å². The van der Waals surface area contributed by atoms with Gasteiger partial charge in [0.15, 0.2) is 18.2 Å². The molecule has 1 unspecified atom stereocenters. The Labute approximate surface area is 233 Å². The van der Waals surface area contributed by atoms with Crippen molar-refractivity contribution in [2.45, 2.75) is 117 Å². The van der Waals surface area contributed by atoms with Crippen molar-refractivity contribution in [2.24, 2.45) is 11.8 Å². The summed E-state index contributed by atoms with van der Waals surface area (Å²) >= 11 is 0. The second-order valence-electron chi connectivity index (χ2n) is 12.0. The third-order valence-electron chi connectivity index (χ3n) is 8.34. The second-order valence-corrected chi connectivity index (χ2v) is 12.0. The first-order chi connectivity index (χ1) is 18.9. The van der Waals surface area contributed by atoms with Crippen LogP contribution in [0.2, 0.25) is 0 Å². The van der Waals surface area contributed by atoms with Crippen LogP contribution in [0.15, 0.2) is 36.7 Å². The van der Waals surface area contributed by atoms with Gasteiger partial charge in [-0.1, -0.05) is 71.3 Å². The van der Waals surface area contributed by atoms with Crippen molar-refractivity contribution in [3.8, 4) is 11.5 Å². The maximum absolute atomic E-state index is 12.5. The number of aromatic amines is 1. The minimum absolute atomic E-state index is 0.0857. The number of ether oxygens (including phenoxy) is 1. The zero-order valence-corrected chi connectivity index (χ0v) is 24.0. The molecule has 1 aromatic carbocycles. The number of aliphatic hydroxyl groups is 1. The topological polar surface area (TPSA) is 87.5 Å². The number of hydrogen-bond donors (Lipinski definition) is 3. The number of aromatic hydroxyl groups is 1. The number of aromatic nitrogens is 2. The van der Waals surface area contributed by atoms with Gasteiger partial charge in [0.2, 0.25) is 0 Å². The summed E-state index contributed by atoms with van der Waals surface area (Å²) in [7, 11) is 0. The number of benzene rings is 1. The van der Waals surface area contributed by atoms with E-state index in [1.807, 2.05) is 18.3 Å². The highest BCUT2D eigenvalue weighted by Crippen LogP contribution is 2.30. The lowest BCUT2D eigenvalue weighted by Gasteiger charge is -2.21. The molecule has 1 fully saturated rings. The third kappa shape index (κ3) is 8.89. The third-order valence-corrected chi connectivity index (χ3v) is 8.34. The van der Waals surface area contributed by atoms with E-state index in [4.69, 9.17) is 4.74 Å². The van der Waals surface area contributed by atoms with Crippen LogP contribution in [0.4, 0.5) is 0 Å². The lowest BCUT2D eigenvalue weighted by atomic mass is 9.85. The molecule has 4 rings (SSSR count). The fourth-order valence-corrected chi connectivity index (χ4v) is 5.96. The number of aryl methyl sites for hydroxylation is 2. The molecule has 0 saturated heterocycles. The molecule has 39 heavy (non-hydrogen) atoms. The van der Waals surface area contributed by atoms with Gasteiger partial charge in [-0.3, -0.25) is 4.79 Å². The van der Waals surface area contributed by atoms with Crippen molar-refractivity contribution in [3.63, 3.8) is 0 Å².